The molecular weight excluding hydrogens is 323 g/mol. The number of amides is 2. The maximum absolute atomic E-state index is 12.9. The number of carbonyl (C=O) groups excluding carboxylic acids is 2. The minimum atomic E-state index is -0.266. The number of benzene rings is 1. The van der Waals surface area contributed by atoms with Gasteiger partial charge in [-0.1, -0.05) is 12.1 Å². The maximum Gasteiger partial charge on any atom is 0.228 e. The summed E-state index contributed by atoms with van der Waals surface area (Å²) in [6.07, 6.45) is 1.000. The molecular formula is C19H25FN2O3. The molecule has 0 spiro atoms. The first-order valence-corrected chi connectivity index (χ1v) is 8.89. The van der Waals surface area contributed by atoms with Crippen LogP contribution >= 0.6 is 0 Å². The van der Waals surface area contributed by atoms with Crippen LogP contribution in [0.1, 0.15) is 25.8 Å². The predicted octanol–water partition coefficient (Wildman–Crippen LogP) is 1.85. The first kappa shape index (κ1) is 17.9. The molecule has 1 aromatic rings. The molecule has 0 aromatic heterocycles. The summed E-state index contributed by atoms with van der Waals surface area (Å²) in [6.45, 7) is 6.13. The quantitative estimate of drug-likeness (QED) is 0.834. The van der Waals surface area contributed by atoms with Gasteiger partial charge in [0.05, 0.1) is 18.1 Å². The highest BCUT2D eigenvalue weighted by atomic mass is 19.1. The molecule has 25 heavy (non-hydrogen) atoms. The van der Waals surface area contributed by atoms with Crippen LogP contribution in [0.5, 0.6) is 0 Å². The van der Waals surface area contributed by atoms with E-state index in [0.717, 1.165) is 5.56 Å². The van der Waals surface area contributed by atoms with Crippen molar-refractivity contribution in [3.8, 4) is 0 Å². The number of hydrogen-bond donors (Lipinski definition) is 0. The topological polar surface area (TPSA) is 49.9 Å². The molecule has 1 aromatic carbocycles. The summed E-state index contributed by atoms with van der Waals surface area (Å²) >= 11 is 0. The van der Waals surface area contributed by atoms with E-state index >= 15 is 0 Å². The SMILES string of the molecule is C[C@@H]1CN(C(=O)[C@@H]2CC(=O)N(CCc3ccc(F)cc3)C2)C[C@@H](C)O1. The van der Waals surface area contributed by atoms with Gasteiger partial charge in [0, 0.05) is 32.6 Å². The normalized spacial score (nSPS) is 27.0. The van der Waals surface area contributed by atoms with Crippen LogP contribution in [-0.2, 0) is 20.7 Å². The zero-order valence-corrected chi connectivity index (χ0v) is 14.8. The van der Waals surface area contributed by atoms with Gasteiger partial charge in [0.2, 0.25) is 11.8 Å². The van der Waals surface area contributed by atoms with Crippen molar-refractivity contribution < 1.29 is 18.7 Å². The molecule has 0 unspecified atom stereocenters. The molecule has 3 atom stereocenters. The van der Waals surface area contributed by atoms with E-state index in [2.05, 4.69) is 0 Å². The summed E-state index contributed by atoms with van der Waals surface area (Å²) in [7, 11) is 0. The second-order valence-corrected chi connectivity index (χ2v) is 7.12. The number of rotatable bonds is 4. The fourth-order valence-corrected chi connectivity index (χ4v) is 3.68. The molecule has 6 heteroatoms. The van der Waals surface area contributed by atoms with Crippen molar-refractivity contribution in [2.45, 2.75) is 38.9 Å². The molecule has 136 valence electrons. The van der Waals surface area contributed by atoms with Crippen LogP contribution < -0.4 is 0 Å². The van der Waals surface area contributed by atoms with E-state index < -0.39 is 0 Å². The van der Waals surface area contributed by atoms with Gasteiger partial charge in [-0.15, -0.1) is 0 Å². The Kier molecular flexibility index (Phi) is 5.37. The second-order valence-electron chi connectivity index (χ2n) is 7.12. The summed E-state index contributed by atoms with van der Waals surface area (Å²) < 4.78 is 18.6. The third kappa shape index (κ3) is 4.37. The van der Waals surface area contributed by atoms with E-state index in [1.807, 2.05) is 18.7 Å². The van der Waals surface area contributed by atoms with Crippen molar-refractivity contribution in [1.29, 1.82) is 0 Å². The van der Waals surface area contributed by atoms with Crippen LogP contribution in [-0.4, -0.2) is 60.0 Å². The van der Waals surface area contributed by atoms with Crippen molar-refractivity contribution >= 4 is 11.8 Å². The standard InChI is InChI=1S/C19H25FN2O3/c1-13-10-22(11-14(2)25-13)19(24)16-9-18(23)21(12-16)8-7-15-3-5-17(20)6-4-15/h3-6,13-14,16H,7-12H2,1-2H3/t13-,14-,16-/m1/s1. The summed E-state index contributed by atoms with van der Waals surface area (Å²) in [5.74, 6) is -0.451. The average Bonchev–Trinajstić information content (AvgIpc) is 2.93. The molecule has 2 amide bonds. The predicted molar refractivity (Wildman–Crippen MR) is 91.4 cm³/mol. The minimum absolute atomic E-state index is 0.0230. The molecule has 0 bridgehead atoms. The largest absolute Gasteiger partial charge is 0.372 e. The number of hydrogen-bond acceptors (Lipinski definition) is 3. The van der Waals surface area contributed by atoms with Crippen molar-refractivity contribution in [3.05, 3.63) is 35.6 Å². The zero-order chi connectivity index (χ0) is 18.0. The lowest BCUT2D eigenvalue weighted by Crippen LogP contribution is -2.50. The van der Waals surface area contributed by atoms with Crippen molar-refractivity contribution in [3.63, 3.8) is 0 Å². The van der Waals surface area contributed by atoms with E-state index in [4.69, 9.17) is 4.74 Å². The van der Waals surface area contributed by atoms with E-state index in [9.17, 15) is 14.0 Å². The van der Waals surface area contributed by atoms with E-state index in [1.165, 1.54) is 12.1 Å². The number of halogens is 1. The van der Waals surface area contributed by atoms with Gasteiger partial charge in [-0.25, -0.2) is 4.39 Å². The highest BCUT2D eigenvalue weighted by Crippen LogP contribution is 2.23. The minimum Gasteiger partial charge on any atom is -0.372 e. The van der Waals surface area contributed by atoms with Gasteiger partial charge >= 0.3 is 0 Å². The summed E-state index contributed by atoms with van der Waals surface area (Å²) in [5, 5.41) is 0. The number of morpholine rings is 1. The third-order valence-electron chi connectivity index (χ3n) is 4.88. The maximum atomic E-state index is 12.9. The number of likely N-dealkylation sites (tertiary alicyclic amines) is 1. The smallest absolute Gasteiger partial charge is 0.228 e. The van der Waals surface area contributed by atoms with Crippen molar-refractivity contribution in [1.82, 2.24) is 9.80 Å². The van der Waals surface area contributed by atoms with Gasteiger partial charge < -0.3 is 14.5 Å². The molecule has 5 nitrogen and oxygen atoms in total. The molecule has 0 radical (unpaired) electrons. The van der Waals surface area contributed by atoms with Crippen LogP contribution in [0.3, 0.4) is 0 Å². The molecule has 0 N–H and O–H groups in total. The molecule has 2 aliphatic rings. The molecule has 2 saturated heterocycles. The van der Waals surface area contributed by atoms with Gasteiger partial charge in [-0.3, -0.25) is 9.59 Å². The Morgan fingerprint density at radius 1 is 1.16 bits per heavy atom. The highest BCUT2D eigenvalue weighted by Gasteiger charge is 2.38. The fourth-order valence-electron chi connectivity index (χ4n) is 3.68. The number of carbonyl (C=O) groups is 2. The summed E-state index contributed by atoms with van der Waals surface area (Å²) in [5.41, 5.74) is 0.986. The summed E-state index contributed by atoms with van der Waals surface area (Å²) in [6, 6.07) is 6.31. The van der Waals surface area contributed by atoms with Gasteiger partial charge in [-0.2, -0.15) is 0 Å². The van der Waals surface area contributed by atoms with Crippen LogP contribution in [0.25, 0.3) is 0 Å². The molecule has 2 heterocycles. The van der Waals surface area contributed by atoms with Crippen LogP contribution in [0.2, 0.25) is 0 Å². The lowest BCUT2D eigenvalue weighted by atomic mass is 10.1. The van der Waals surface area contributed by atoms with Crippen molar-refractivity contribution in [2.24, 2.45) is 5.92 Å². The Labute approximate surface area is 147 Å². The molecule has 0 aliphatic carbocycles. The Hall–Kier alpha value is -1.95. The zero-order valence-electron chi connectivity index (χ0n) is 14.8. The van der Waals surface area contributed by atoms with E-state index in [-0.39, 0.29) is 42.2 Å². The van der Waals surface area contributed by atoms with Crippen molar-refractivity contribution in [2.75, 3.05) is 26.2 Å². The molecule has 2 fully saturated rings. The van der Waals surface area contributed by atoms with Crippen LogP contribution in [0.15, 0.2) is 24.3 Å². The molecule has 3 rings (SSSR count). The van der Waals surface area contributed by atoms with Crippen LogP contribution in [0, 0.1) is 11.7 Å². The Bertz CT molecular complexity index is 624. The average molecular weight is 348 g/mol. The monoisotopic (exact) mass is 348 g/mol. The first-order chi connectivity index (χ1) is 11.9. The van der Waals surface area contributed by atoms with Gasteiger partial charge in [0.15, 0.2) is 0 Å². The van der Waals surface area contributed by atoms with Gasteiger partial charge in [-0.05, 0) is 38.0 Å². The summed E-state index contributed by atoms with van der Waals surface area (Å²) in [4.78, 5) is 28.6. The van der Waals surface area contributed by atoms with E-state index in [1.54, 1.807) is 17.0 Å². The Morgan fingerprint density at radius 3 is 2.44 bits per heavy atom. The fraction of sp³-hybridized carbons (Fsp3) is 0.579. The number of ether oxygens (including phenoxy) is 1. The number of nitrogens with zero attached hydrogens (tertiary/aromatic N) is 2. The molecule has 0 saturated carbocycles. The van der Waals surface area contributed by atoms with Crippen LogP contribution in [0.4, 0.5) is 4.39 Å². The van der Waals surface area contributed by atoms with Gasteiger partial charge in [0.1, 0.15) is 5.82 Å². The lowest BCUT2D eigenvalue weighted by Gasteiger charge is -2.36. The highest BCUT2D eigenvalue weighted by molar-refractivity contribution is 5.89. The second kappa shape index (κ2) is 7.52. The van der Waals surface area contributed by atoms with Gasteiger partial charge in [0.25, 0.3) is 0 Å². The Balaban J connectivity index is 1.54. The lowest BCUT2D eigenvalue weighted by molar-refractivity contribution is -0.147. The Morgan fingerprint density at radius 2 is 1.80 bits per heavy atom. The molecule has 2 aliphatic heterocycles. The van der Waals surface area contributed by atoms with E-state index in [0.29, 0.717) is 32.6 Å². The first-order valence-electron chi connectivity index (χ1n) is 8.89. The third-order valence-corrected chi connectivity index (χ3v) is 4.88.